The number of halogens is 3. The van der Waals surface area contributed by atoms with Gasteiger partial charge in [0.1, 0.15) is 12.4 Å². The van der Waals surface area contributed by atoms with E-state index in [9.17, 15) is 14.0 Å². The van der Waals surface area contributed by atoms with E-state index in [1.54, 1.807) is 18.2 Å². The van der Waals surface area contributed by atoms with Gasteiger partial charge >= 0.3 is 6.03 Å². The van der Waals surface area contributed by atoms with E-state index in [1.807, 2.05) is 0 Å². The van der Waals surface area contributed by atoms with Crippen molar-refractivity contribution in [1.82, 2.24) is 10.7 Å². The summed E-state index contributed by atoms with van der Waals surface area (Å²) in [7, 11) is 0. The third kappa shape index (κ3) is 6.40. The molecule has 0 atom stereocenters. The summed E-state index contributed by atoms with van der Waals surface area (Å²) in [5, 5.41) is 9.33. The van der Waals surface area contributed by atoms with Crippen LogP contribution in [0.15, 0.2) is 47.6 Å². The van der Waals surface area contributed by atoms with Crippen molar-refractivity contribution in [2.45, 2.75) is 0 Å². The smallest absolute Gasteiger partial charge is 0.319 e. The number of hydrogen-bond donors (Lipinski definition) is 3. The zero-order valence-corrected chi connectivity index (χ0v) is 14.2. The van der Waals surface area contributed by atoms with Crippen LogP contribution in [-0.4, -0.2) is 24.7 Å². The molecule has 3 amide bonds. The van der Waals surface area contributed by atoms with Gasteiger partial charge in [-0.05, 0) is 42.0 Å². The maximum atomic E-state index is 12.8. The fraction of sp³-hybridized carbons (Fsp3) is 0.0625. The Bertz CT molecular complexity index is 797. The number of rotatable bonds is 5. The van der Waals surface area contributed by atoms with Crippen LogP contribution in [0.3, 0.4) is 0 Å². The molecule has 130 valence electrons. The highest BCUT2D eigenvalue weighted by molar-refractivity contribution is 6.42. The molecular weight excluding hydrogens is 370 g/mol. The van der Waals surface area contributed by atoms with Gasteiger partial charge in [0, 0.05) is 5.69 Å². The second-order valence-electron chi connectivity index (χ2n) is 4.78. The van der Waals surface area contributed by atoms with Gasteiger partial charge in [0.15, 0.2) is 0 Å². The quantitative estimate of drug-likeness (QED) is 0.546. The molecule has 25 heavy (non-hydrogen) atoms. The van der Waals surface area contributed by atoms with E-state index >= 15 is 0 Å². The maximum Gasteiger partial charge on any atom is 0.319 e. The number of amides is 3. The van der Waals surface area contributed by atoms with Gasteiger partial charge in [-0.2, -0.15) is 5.10 Å². The second kappa shape index (κ2) is 9.00. The average Bonchev–Trinajstić information content (AvgIpc) is 2.58. The summed E-state index contributed by atoms with van der Waals surface area (Å²) in [6.45, 7) is -0.286. The van der Waals surface area contributed by atoms with Crippen molar-refractivity contribution in [2.75, 3.05) is 11.9 Å². The third-order valence-corrected chi connectivity index (χ3v) is 3.60. The molecule has 0 saturated carbocycles. The lowest BCUT2D eigenvalue weighted by Crippen LogP contribution is -2.37. The minimum atomic E-state index is -0.602. The highest BCUT2D eigenvalue weighted by Gasteiger charge is 2.05. The van der Waals surface area contributed by atoms with Crippen LogP contribution in [0.5, 0.6) is 0 Å². The molecule has 0 fully saturated rings. The summed E-state index contributed by atoms with van der Waals surface area (Å²) in [6.07, 6.45) is 1.39. The zero-order valence-electron chi connectivity index (χ0n) is 12.7. The average molecular weight is 383 g/mol. The van der Waals surface area contributed by atoms with E-state index < -0.39 is 17.8 Å². The van der Waals surface area contributed by atoms with Crippen LogP contribution >= 0.6 is 23.2 Å². The summed E-state index contributed by atoms with van der Waals surface area (Å²) in [5.74, 6) is -0.935. The Hall–Kier alpha value is -2.64. The molecule has 0 aliphatic rings. The van der Waals surface area contributed by atoms with E-state index in [1.165, 1.54) is 30.5 Å². The molecule has 0 radical (unpaired) electrons. The number of anilines is 1. The number of carbonyl (C=O) groups excluding carboxylic acids is 2. The first-order valence-electron chi connectivity index (χ1n) is 7.01. The van der Waals surface area contributed by atoms with Crippen LogP contribution in [-0.2, 0) is 4.79 Å². The monoisotopic (exact) mass is 382 g/mol. The SMILES string of the molecule is O=C(CNC(=O)Nc1ccc(F)cc1)NN=Cc1ccc(Cl)c(Cl)c1. The van der Waals surface area contributed by atoms with E-state index in [0.717, 1.165) is 0 Å². The van der Waals surface area contributed by atoms with Crippen LogP contribution in [0.1, 0.15) is 5.56 Å². The Kier molecular flexibility index (Phi) is 6.73. The van der Waals surface area contributed by atoms with Gasteiger partial charge < -0.3 is 10.6 Å². The van der Waals surface area contributed by atoms with E-state index in [-0.39, 0.29) is 6.54 Å². The number of carbonyl (C=O) groups is 2. The lowest BCUT2D eigenvalue weighted by molar-refractivity contribution is -0.120. The number of urea groups is 1. The maximum absolute atomic E-state index is 12.8. The minimum absolute atomic E-state index is 0.286. The van der Waals surface area contributed by atoms with Crippen molar-refractivity contribution >= 4 is 47.0 Å². The Labute approximate surface area is 153 Å². The van der Waals surface area contributed by atoms with Gasteiger partial charge in [-0.1, -0.05) is 29.3 Å². The predicted octanol–water partition coefficient (Wildman–Crippen LogP) is 3.40. The minimum Gasteiger partial charge on any atom is -0.329 e. The molecule has 0 aliphatic heterocycles. The number of nitrogens with zero attached hydrogens (tertiary/aromatic N) is 1. The fourth-order valence-electron chi connectivity index (χ4n) is 1.68. The van der Waals surface area contributed by atoms with Crippen LogP contribution in [0.4, 0.5) is 14.9 Å². The van der Waals surface area contributed by atoms with Crippen molar-refractivity contribution in [3.8, 4) is 0 Å². The van der Waals surface area contributed by atoms with Gasteiger partial charge in [-0.25, -0.2) is 14.6 Å². The van der Waals surface area contributed by atoms with Crippen molar-refractivity contribution < 1.29 is 14.0 Å². The van der Waals surface area contributed by atoms with Gasteiger partial charge in [-0.3, -0.25) is 4.79 Å². The van der Waals surface area contributed by atoms with Crippen molar-refractivity contribution in [2.24, 2.45) is 5.10 Å². The van der Waals surface area contributed by atoms with Gasteiger partial charge in [-0.15, -0.1) is 0 Å². The van der Waals surface area contributed by atoms with Crippen molar-refractivity contribution in [3.63, 3.8) is 0 Å². The van der Waals surface area contributed by atoms with Crippen molar-refractivity contribution in [1.29, 1.82) is 0 Å². The Balaban J connectivity index is 1.74. The van der Waals surface area contributed by atoms with Crippen LogP contribution < -0.4 is 16.1 Å². The highest BCUT2D eigenvalue weighted by Crippen LogP contribution is 2.21. The Morgan fingerprint density at radius 2 is 1.80 bits per heavy atom. The van der Waals surface area contributed by atoms with E-state index in [0.29, 0.717) is 21.3 Å². The molecule has 0 heterocycles. The van der Waals surface area contributed by atoms with Gasteiger partial charge in [0.05, 0.1) is 16.3 Å². The molecule has 2 aromatic rings. The highest BCUT2D eigenvalue weighted by atomic mass is 35.5. The van der Waals surface area contributed by atoms with Crippen LogP contribution in [0, 0.1) is 5.82 Å². The van der Waals surface area contributed by atoms with Crippen LogP contribution in [0.25, 0.3) is 0 Å². The summed E-state index contributed by atoms with van der Waals surface area (Å²) >= 11 is 11.6. The van der Waals surface area contributed by atoms with E-state index in [2.05, 4.69) is 21.2 Å². The number of benzene rings is 2. The molecule has 6 nitrogen and oxygen atoms in total. The second-order valence-corrected chi connectivity index (χ2v) is 5.60. The molecule has 2 aromatic carbocycles. The lowest BCUT2D eigenvalue weighted by atomic mass is 10.2. The largest absolute Gasteiger partial charge is 0.329 e. The fourth-order valence-corrected chi connectivity index (χ4v) is 1.99. The first kappa shape index (κ1) is 18.7. The lowest BCUT2D eigenvalue weighted by Gasteiger charge is -2.06. The first-order chi connectivity index (χ1) is 11.9. The molecule has 0 unspecified atom stereocenters. The van der Waals surface area contributed by atoms with Gasteiger partial charge in [0.25, 0.3) is 5.91 Å². The molecule has 0 aromatic heterocycles. The van der Waals surface area contributed by atoms with Crippen molar-refractivity contribution in [3.05, 3.63) is 63.9 Å². The summed E-state index contributed by atoms with van der Waals surface area (Å²) < 4.78 is 12.8. The molecule has 2 rings (SSSR count). The third-order valence-electron chi connectivity index (χ3n) is 2.86. The first-order valence-corrected chi connectivity index (χ1v) is 7.77. The topological polar surface area (TPSA) is 82.6 Å². The molecule has 9 heteroatoms. The standard InChI is InChI=1S/C16H13Cl2FN4O2/c17-13-6-1-10(7-14(13)18)8-21-23-15(24)9-20-16(25)22-12-4-2-11(19)3-5-12/h1-8H,9H2,(H,23,24)(H2,20,22,25). The number of hydrazone groups is 1. The molecular formula is C16H13Cl2FN4O2. The normalized spacial score (nSPS) is 10.5. The number of nitrogens with one attached hydrogen (secondary N) is 3. The Morgan fingerprint density at radius 1 is 1.08 bits per heavy atom. The Morgan fingerprint density at radius 3 is 2.48 bits per heavy atom. The van der Waals surface area contributed by atoms with Gasteiger partial charge in [0.2, 0.25) is 0 Å². The molecule has 0 bridgehead atoms. The number of hydrogen-bond acceptors (Lipinski definition) is 3. The zero-order chi connectivity index (χ0) is 18.2. The molecule has 0 spiro atoms. The molecule has 3 N–H and O–H groups in total. The summed E-state index contributed by atoms with van der Waals surface area (Å²) in [4.78, 5) is 23.2. The predicted molar refractivity (Wildman–Crippen MR) is 95.6 cm³/mol. The molecule has 0 aliphatic carbocycles. The van der Waals surface area contributed by atoms with E-state index in [4.69, 9.17) is 23.2 Å². The molecule has 0 saturated heterocycles. The summed E-state index contributed by atoms with van der Waals surface area (Å²) in [5.41, 5.74) is 3.30. The van der Waals surface area contributed by atoms with Crippen LogP contribution in [0.2, 0.25) is 10.0 Å². The summed E-state index contributed by atoms with van der Waals surface area (Å²) in [6, 6.07) is 9.49.